The van der Waals surface area contributed by atoms with E-state index in [1.165, 1.54) is 16.9 Å². The number of aliphatic hydroxyl groups is 20. The lowest BCUT2D eigenvalue weighted by molar-refractivity contribution is -0.396. The molecule has 3 aromatic rings. The fourth-order valence-corrected chi connectivity index (χ4v) is 12.6. The summed E-state index contributed by atoms with van der Waals surface area (Å²) < 4.78 is 88.9. The lowest BCUT2D eigenvalue weighted by atomic mass is 9.95. The van der Waals surface area contributed by atoms with Crippen molar-refractivity contribution in [2.75, 3.05) is 39.6 Å². The molecule has 0 spiro atoms. The molecule has 0 amide bonds. The van der Waals surface area contributed by atoms with Gasteiger partial charge in [0.2, 0.25) is 0 Å². The molecule has 39 heteroatoms. The van der Waals surface area contributed by atoms with Gasteiger partial charge in [-0.05, 0) is 35.0 Å². The van der Waals surface area contributed by atoms with Gasteiger partial charge in [0.15, 0.2) is 44.0 Å². The monoisotopic (exact) mass is 1360 g/mol. The summed E-state index contributed by atoms with van der Waals surface area (Å²) in [6, 6.07) is 9.82. The Labute approximate surface area is 530 Å². The van der Waals surface area contributed by atoms with E-state index in [0.717, 1.165) is 10.8 Å². The Morgan fingerprint density at radius 1 is 0.330 bits per heavy atom. The standard InChI is InChI=1S/C55H79N3O36/c59-9-22-43-30(68)37(75)51(83-22)91-45-24(11-61)85-53(39(77)32(45)70)93-47-26(13-63)87-55(41(79)34(47)72)94-48-27(14-64)86-54(40(78)33(48)71)92-46-25(12-62)84-52(38(76)31(46)69)90-44-23(10-60)82-50(36(74)29(44)67)88-42-21(81-49(89-43)35(73)28(42)66)8-58-7-18(56-57-58)15-80-20-4-2-16-5-19(65)3-1-17(16)6-20/h1-7,21-55,59-79H,8-15H2/t21-,22-,23-,24-,25-,26-,27-,28-,29-,30-,31-,32-,33-,34-,35-,36-,37-,38-,39-,40-,41-,42-,43-,44-,45-,46-,47-,48-,49-,50-,51-,52-,53-,54-,55-/m1/s1. The summed E-state index contributed by atoms with van der Waals surface area (Å²) in [5, 5.41) is 245. The largest absolute Gasteiger partial charge is 0.508 e. The van der Waals surface area contributed by atoms with Crippen molar-refractivity contribution in [3.8, 4) is 11.5 Å². The number of phenolic OH excluding ortho intramolecular Hbond substituents is 1. The molecule has 35 atom stereocenters. The molecule has 0 radical (unpaired) electrons. The molecule has 24 rings (SSSR count). The van der Waals surface area contributed by atoms with Gasteiger partial charge >= 0.3 is 0 Å². The Morgan fingerprint density at radius 2 is 0.596 bits per heavy atom. The number of benzene rings is 2. The van der Waals surface area contributed by atoms with Crippen LogP contribution in [0.1, 0.15) is 5.69 Å². The third-order valence-corrected chi connectivity index (χ3v) is 17.7. The molecule has 94 heavy (non-hydrogen) atoms. The van der Waals surface area contributed by atoms with Crippen molar-refractivity contribution in [3.05, 3.63) is 48.3 Å². The van der Waals surface area contributed by atoms with E-state index in [9.17, 15) is 107 Å². The van der Waals surface area contributed by atoms with Crippen molar-refractivity contribution in [3.63, 3.8) is 0 Å². The Bertz CT molecular complexity index is 2890. The maximum Gasteiger partial charge on any atom is 0.187 e. The van der Waals surface area contributed by atoms with Crippen LogP contribution in [-0.2, 0) is 79.5 Å². The molecular formula is C55H79N3O36. The second-order valence-corrected chi connectivity index (χ2v) is 23.9. The smallest absolute Gasteiger partial charge is 0.187 e. The molecule has 14 bridgehead atoms. The average molecular weight is 1360 g/mol. The number of aliphatic hydroxyl groups excluding tert-OH is 20. The molecule has 21 aliphatic heterocycles. The second-order valence-electron chi connectivity index (χ2n) is 23.9. The van der Waals surface area contributed by atoms with Crippen molar-refractivity contribution in [1.82, 2.24) is 15.0 Å². The highest BCUT2D eigenvalue weighted by Gasteiger charge is 2.60. The number of rotatable bonds is 11. The van der Waals surface area contributed by atoms with E-state index in [2.05, 4.69) is 10.3 Å². The normalized spacial score (nSPS) is 47.5. The van der Waals surface area contributed by atoms with Crippen LogP contribution in [0.2, 0.25) is 0 Å². The summed E-state index contributed by atoms with van der Waals surface area (Å²) >= 11 is 0. The van der Waals surface area contributed by atoms with Gasteiger partial charge in [0.1, 0.15) is 195 Å². The molecule has 0 saturated carbocycles. The van der Waals surface area contributed by atoms with E-state index >= 15 is 0 Å². The fraction of sp³-hybridized carbons (Fsp3) is 0.782. The maximum atomic E-state index is 12.0. The van der Waals surface area contributed by atoms with Gasteiger partial charge in [0.05, 0.1) is 52.4 Å². The number of nitrogens with zero attached hydrogens (tertiary/aromatic N) is 3. The summed E-state index contributed by atoms with van der Waals surface area (Å²) in [5.41, 5.74) is 0.219. The Hall–Kier alpha value is -3.92. The summed E-state index contributed by atoms with van der Waals surface area (Å²) in [5.74, 6) is 0.464. The number of hydrogen-bond donors (Lipinski definition) is 21. The van der Waals surface area contributed by atoms with E-state index in [1.807, 2.05) is 0 Å². The molecule has 530 valence electrons. The summed E-state index contributed by atoms with van der Waals surface area (Å²) in [7, 11) is 0. The number of aromatic hydroxyl groups is 1. The van der Waals surface area contributed by atoms with E-state index < -0.39 is 261 Å². The third-order valence-electron chi connectivity index (χ3n) is 17.7. The molecule has 1 aromatic heterocycles. The molecule has 22 heterocycles. The van der Waals surface area contributed by atoms with Gasteiger partial charge in [-0.25, -0.2) is 4.68 Å². The third kappa shape index (κ3) is 14.3. The lowest BCUT2D eigenvalue weighted by Crippen LogP contribution is -2.68. The predicted molar refractivity (Wildman–Crippen MR) is 291 cm³/mol. The summed E-state index contributed by atoms with van der Waals surface area (Å²) in [4.78, 5) is 0. The zero-order valence-electron chi connectivity index (χ0n) is 49.3. The van der Waals surface area contributed by atoms with Crippen LogP contribution in [0.25, 0.3) is 10.8 Å². The minimum Gasteiger partial charge on any atom is -0.508 e. The average Bonchev–Trinajstić information content (AvgIpc) is 0.837. The first kappa shape index (κ1) is 71.4. The SMILES string of the molecule is OC[C@H]1O[C@@H]2O[C@H]3[C@H](O)[C@@H](O)[C@@H](O[C@H]4[C@H](O)[C@@H](O)[C@@H](O[C@H]5[C@H](O)[C@@H](O)[C@@H](O[C@H]6[C@H](O)[C@@H](O)[C@@H](O[C@H]7[C@H](O)[C@@H](O)[C@@H](O[C@H]8[C@H](O)[C@@H](O)[C@@H](O[C@H]1[C@H](O)[C@H]2O)O[C@@H]8CO)O[C@@H]7CO)O[C@@H]6CO)O[C@@H]5Cn1cc(COc2ccc5cc(O)ccc5c2)nn1)O[C@@H]4CO)O[C@@H]3CO. The molecule has 21 saturated heterocycles. The highest BCUT2D eigenvalue weighted by molar-refractivity contribution is 5.85. The molecular weight excluding hydrogens is 1280 g/mol. The van der Waals surface area contributed by atoms with E-state index in [0.29, 0.717) is 5.75 Å². The highest BCUT2D eigenvalue weighted by Crippen LogP contribution is 2.40. The van der Waals surface area contributed by atoms with Gasteiger partial charge in [-0.3, -0.25) is 0 Å². The van der Waals surface area contributed by atoms with Crippen molar-refractivity contribution in [1.29, 1.82) is 0 Å². The summed E-state index contributed by atoms with van der Waals surface area (Å²) in [6.07, 6.45) is -69.7. The Balaban J connectivity index is 0.881. The van der Waals surface area contributed by atoms with Gasteiger partial charge in [0, 0.05) is 0 Å². The van der Waals surface area contributed by atoms with Crippen LogP contribution in [0, 0.1) is 0 Å². The van der Waals surface area contributed by atoms with Crippen LogP contribution in [-0.4, -0.2) is 377 Å². The van der Waals surface area contributed by atoms with Crippen LogP contribution in [0.4, 0.5) is 0 Å². The van der Waals surface area contributed by atoms with Crippen LogP contribution in [0.3, 0.4) is 0 Å². The quantitative estimate of drug-likeness (QED) is 0.0848. The Morgan fingerprint density at radius 3 is 0.894 bits per heavy atom. The van der Waals surface area contributed by atoms with Crippen LogP contribution in [0.5, 0.6) is 11.5 Å². The summed E-state index contributed by atoms with van der Waals surface area (Å²) in [6.45, 7) is -7.05. The minimum absolute atomic E-state index is 0.0586. The molecule has 0 aliphatic carbocycles. The number of aromatic nitrogens is 3. The van der Waals surface area contributed by atoms with Crippen LogP contribution < -0.4 is 4.74 Å². The highest BCUT2D eigenvalue weighted by atomic mass is 16.8. The molecule has 39 nitrogen and oxygen atoms in total. The lowest BCUT2D eigenvalue weighted by Gasteiger charge is -2.50. The maximum absolute atomic E-state index is 12.0. The molecule has 2 aromatic carbocycles. The van der Waals surface area contributed by atoms with Crippen molar-refractivity contribution >= 4 is 10.8 Å². The van der Waals surface area contributed by atoms with Crippen LogP contribution in [0.15, 0.2) is 42.6 Å². The van der Waals surface area contributed by atoms with Gasteiger partial charge in [-0.2, -0.15) is 0 Å². The zero-order chi connectivity index (χ0) is 67.3. The van der Waals surface area contributed by atoms with Gasteiger partial charge in [-0.1, -0.05) is 17.3 Å². The number of phenols is 1. The molecule has 21 N–H and O–H groups in total. The first-order chi connectivity index (χ1) is 45.0. The van der Waals surface area contributed by atoms with Crippen molar-refractivity contribution in [2.45, 2.75) is 228 Å². The first-order valence-electron chi connectivity index (χ1n) is 30.1. The van der Waals surface area contributed by atoms with Gasteiger partial charge < -0.3 is 178 Å². The second kappa shape index (κ2) is 30.3. The van der Waals surface area contributed by atoms with Gasteiger partial charge in [0.25, 0.3) is 0 Å². The van der Waals surface area contributed by atoms with Crippen molar-refractivity contribution in [2.24, 2.45) is 0 Å². The van der Waals surface area contributed by atoms with Gasteiger partial charge in [-0.15, -0.1) is 5.10 Å². The van der Waals surface area contributed by atoms with Crippen molar-refractivity contribution < 1.29 is 178 Å². The molecule has 21 aliphatic rings. The number of ether oxygens (including phenoxy) is 15. The van der Waals surface area contributed by atoms with E-state index in [-0.39, 0.29) is 18.1 Å². The number of fused-ring (bicyclic) bond motifs is 1. The zero-order valence-corrected chi connectivity index (χ0v) is 49.3. The van der Waals surface area contributed by atoms with E-state index in [1.54, 1.807) is 30.3 Å². The fourth-order valence-electron chi connectivity index (χ4n) is 12.6. The van der Waals surface area contributed by atoms with E-state index in [4.69, 9.17) is 71.1 Å². The van der Waals surface area contributed by atoms with Crippen LogP contribution >= 0.6 is 0 Å². The Kier molecular flexibility index (Phi) is 23.0. The first-order valence-corrected chi connectivity index (χ1v) is 30.1. The number of hydrogen-bond acceptors (Lipinski definition) is 38. The minimum atomic E-state index is -2.25. The topological polar surface area (TPSA) is 594 Å². The predicted octanol–water partition coefficient (Wildman–Crippen LogP) is -12.5. The molecule has 21 fully saturated rings. The molecule has 0 unspecified atom stereocenters.